The van der Waals surface area contributed by atoms with Gasteiger partial charge in [0.05, 0.1) is 43.2 Å². The van der Waals surface area contributed by atoms with Crippen LogP contribution in [-0.4, -0.2) is 65.8 Å². The molecule has 1 amide bonds. The normalized spacial score (nSPS) is 11.2. The van der Waals surface area contributed by atoms with Crippen molar-refractivity contribution in [3.05, 3.63) is 156 Å². The van der Waals surface area contributed by atoms with Gasteiger partial charge in [-0.1, -0.05) is 47.5 Å². The number of hydrogen-bond donors (Lipinski definition) is 5. The highest BCUT2D eigenvalue weighted by atomic mass is 35.5. The molecular formula is C45H39Cl2N9O6. The van der Waals surface area contributed by atoms with E-state index in [1.165, 1.54) is 19.7 Å². The molecule has 0 aliphatic rings. The Kier molecular flexibility index (Phi) is 14.3. The van der Waals surface area contributed by atoms with Crippen LogP contribution >= 0.6 is 23.2 Å². The fourth-order valence-corrected chi connectivity index (χ4v) is 6.54. The number of nitrogens with zero attached hydrogens (tertiary/aromatic N) is 6. The number of benzene rings is 4. The number of nitrogens with one attached hydrogen (secondary N) is 3. The van der Waals surface area contributed by atoms with Crippen molar-refractivity contribution in [3.63, 3.8) is 0 Å². The van der Waals surface area contributed by atoms with E-state index in [1.54, 1.807) is 60.9 Å². The summed E-state index contributed by atoms with van der Waals surface area (Å²) in [6.45, 7) is 0.431. The molecule has 0 spiro atoms. The van der Waals surface area contributed by atoms with E-state index in [2.05, 4.69) is 45.9 Å². The predicted molar refractivity (Wildman–Crippen MR) is 238 cm³/mol. The third-order valence-corrected chi connectivity index (χ3v) is 9.65. The number of likely N-dealkylation sites (N-methyl/N-ethyl adjacent to an activating group) is 1. The molecule has 314 valence electrons. The second kappa shape index (κ2) is 20.8. The van der Waals surface area contributed by atoms with Crippen LogP contribution in [0.4, 0.5) is 23.0 Å². The molecule has 8 rings (SSSR count). The number of carbonyl (C=O) groups is 1. The number of aromatic nitrogens is 6. The molecule has 15 nitrogen and oxygen atoms in total. The van der Waals surface area contributed by atoms with Crippen molar-refractivity contribution in [2.24, 2.45) is 0 Å². The minimum Gasteiger partial charge on any atom is -0.507 e. The summed E-state index contributed by atoms with van der Waals surface area (Å²) in [7, 11) is 1.52. The van der Waals surface area contributed by atoms with Gasteiger partial charge in [0, 0.05) is 43.8 Å². The van der Waals surface area contributed by atoms with Gasteiger partial charge in [-0.05, 0) is 84.9 Å². The maximum absolute atomic E-state index is 12.2. The van der Waals surface area contributed by atoms with E-state index in [4.69, 9.17) is 37.4 Å². The van der Waals surface area contributed by atoms with E-state index in [0.717, 1.165) is 11.4 Å². The molecule has 62 heavy (non-hydrogen) atoms. The van der Waals surface area contributed by atoms with Crippen LogP contribution < -0.4 is 30.2 Å². The van der Waals surface area contributed by atoms with Gasteiger partial charge in [0.25, 0.3) is 5.91 Å². The number of pyridine rings is 2. The number of hydrogen-bond acceptors (Lipinski definition) is 14. The summed E-state index contributed by atoms with van der Waals surface area (Å²) >= 11 is 12.8. The number of aliphatic hydroxyl groups is 1. The third-order valence-electron chi connectivity index (χ3n) is 9.06. The lowest BCUT2D eigenvalue weighted by molar-refractivity contribution is -0.128. The van der Waals surface area contributed by atoms with Crippen LogP contribution in [0.2, 0.25) is 10.0 Å². The van der Waals surface area contributed by atoms with E-state index in [-0.39, 0.29) is 24.7 Å². The van der Waals surface area contributed by atoms with Crippen LogP contribution in [0.1, 0.15) is 17.8 Å². The van der Waals surface area contributed by atoms with Crippen molar-refractivity contribution in [3.8, 4) is 23.0 Å². The quantitative estimate of drug-likeness (QED) is 0.0656. The summed E-state index contributed by atoms with van der Waals surface area (Å²) in [5.74, 6) is 2.24. The SMILES string of the molecule is CNC(=O)[C@@H](CCO)Oc1cccc2ncnc(Nc3ccc(OCc4ccccn4)c(Cl)c3)c12.Oc1cccc2ncnc(Nc3ccc(OCc4ccccn4)c(Cl)c3)c12. The van der Waals surface area contributed by atoms with Gasteiger partial charge in [0.2, 0.25) is 0 Å². The molecule has 17 heteroatoms. The number of carbonyl (C=O) groups excluding carboxylic acids is 1. The fraction of sp³-hybridized carbons (Fsp3) is 0.133. The third kappa shape index (κ3) is 10.9. The van der Waals surface area contributed by atoms with Crippen molar-refractivity contribution in [2.75, 3.05) is 24.3 Å². The highest BCUT2D eigenvalue weighted by Gasteiger charge is 2.21. The lowest BCUT2D eigenvalue weighted by atomic mass is 10.2. The molecule has 4 aromatic carbocycles. The van der Waals surface area contributed by atoms with Crippen LogP contribution in [0.3, 0.4) is 0 Å². The van der Waals surface area contributed by atoms with E-state index >= 15 is 0 Å². The average molecular weight is 873 g/mol. The number of rotatable bonds is 15. The summed E-state index contributed by atoms with van der Waals surface area (Å²) in [5, 5.41) is 30.5. The number of aromatic hydroxyl groups is 1. The minimum atomic E-state index is -0.867. The Morgan fingerprint density at radius 1 is 0.645 bits per heavy atom. The predicted octanol–water partition coefficient (Wildman–Crippen LogP) is 8.58. The standard InChI is InChI=1S/C25H24ClN5O4.C20H15ClN4O2/c1-27-25(33)22(10-12-32)35-21-7-4-6-19-23(21)24(30-15-29-19)31-16-8-9-20(18(26)13-16)34-14-17-5-2-3-11-28-17;21-15-10-13(7-8-18(15)27-11-14-4-1-2-9-22-14)25-20-19-16(23-12-24-20)5-3-6-17(19)26/h2-9,11,13,15,22,32H,10,12,14H2,1H3,(H,27,33)(H,29,30,31);1-10,12,26H,11H2,(H,23,24,25)/t22-;/m1./s1. The summed E-state index contributed by atoms with van der Waals surface area (Å²) in [6.07, 6.45) is 5.57. The van der Waals surface area contributed by atoms with Gasteiger partial charge in [0.15, 0.2) is 6.10 Å². The zero-order chi connectivity index (χ0) is 43.3. The van der Waals surface area contributed by atoms with Gasteiger partial charge in [-0.3, -0.25) is 14.8 Å². The monoisotopic (exact) mass is 871 g/mol. The van der Waals surface area contributed by atoms with Crippen molar-refractivity contribution >= 4 is 73.9 Å². The number of amides is 1. The molecular weight excluding hydrogens is 833 g/mol. The van der Waals surface area contributed by atoms with Crippen LogP contribution in [0.15, 0.2) is 134 Å². The molecule has 5 N–H and O–H groups in total. The van der Waals surface area contributed by atoms with Gasteiger partial charge in [0.1, 0.15) is 60.5 Å². The Bertz CT molecular complexity index is 2760. The van der Waals surface area contributed by atoms with Gasteiger partial charge in [-0.15, -0.1) is 0 Å². The minimum absolute atomic E-state index is 0.108. The van der Waals surface area contributed by atoms with E-state index in [0.29, 0.717) is 85.3 Å². The number of halogens is 2. The first-order valence-corrected chi connectivity index (χ1v) is 19.9. The maximum atomic E-state index is 12.2. The van der Waals surface area contributed by atoms with E-state index in [9.17, 15) is 15.0 Å². The van der Waals surface area contributed by atoms with Crippen molar-refractivity contribution in [2.45, 2.75) is 25.7 Å². The van der Waals surface area contributed by atoms with Gasteiger partial charge in [-0.25, -0.2) is 19.9 Å². The molecule has 0 saturated carbocycles. The van der Waals surface area contributed by atoms with Gasteiger partial charge >= 0.3 is 0 Å². The highest BCUT2D eigenvalue weighted by molar-refractivity contribution is 6.32. The first-order valence-electron chi connectivity index (χ1n) is 19.1. The van der Waals surface area contributed by atoms with Crippen LogP contribution in [-0.2, 0) is 18.0 Å². The largest absolute Gasteiger partial charge is 0.507 e. The van der Waals surface area contributed by atoms with Gasteiger partial charge in [-0.2, -0.15) is 0 Å². The zero-order valence-corrected chi connectivity index (χ0v) is 34.6. The van der Waals surface area contributed by atoms with Crippen molar-refractivity contribution in [1.29, 1.82) is 0 Å². The molecule has 1 atom stereocenters. The summed E-state index contributed by atoms with van der Waals surface area (Å²) < 4.78 is 17.5. The number of aliphatic hydroxyl groups excluding tert-OH is 1. The lowest BCUT2D eigenvalue weighted by Crippen LogP contribution is -2.37. The number of phenolic OH excluding ortho intramolecular Hbond substituents is 1. The van der Waals surface area contributed by atoms with Crippen LogP contribution in [0.25, 0.3) is 21.8 Å². The molecule has 4 aromatic heterocycles. The molecule has 0 aliphatic heterocycles. The molecule has 0 fully saturated rings. The molecule has 0 saturated heterocycles. The van der Waals surface area contributed by atoms with Gasteiger partial charge < -0.3 is 40.4 Å². The second-order valence-electron chi connectivity index (χ2n) is 13.3. The summed E-state index contributed by atoms with van der Waals surface area (Å²) in [4.78, 5) is 37.7. The smallest absolute Gasteiger partial charge is 0.260 e. The Morgan fingerprint density at radius 3 is 1.71 bits per heavy atom. The Morgan fingerprint density at radius 2 is 1.19 bits per heavy atom. The number of phenols is 1. The summed E-state index contributed by atoms with van der Waals surface area (Å²) in [6, 6.07) is 32.4. The number of ether oxygens (including phenoxy) is 3. The molecule has 0 radical (unpaired) electrons. The topological polar surface area (TPSA) is 199 Å². The number of fused-ring (bicyclic) bond motifs is 2. The van der Waals surface area contributed by atoms with E-state index in [1.807, 2.05) is 60.7 Å². The second-order valence-corrected chi connectivity index (χ2v) is 14.1. The Hall–Kier alpha value is -7.33. The van der Waals surface area contributed by atoms with Crippen molar-refractivity contribution < 1.29 is 29.2 Å². The van der Waals surface area contributed by atoms with Crippen LogP contribution in [0, 0.1) is 0 Å². The molecule has 4 heterocycles. The zero-order valence-electron chi connectivity index (χ0n) is 33.1. The summed E-state index contributed by atoms with van der Waals surface area (Å²) in [5.41, 5.74) is 4.28. The number of anilines is 4. The maximum Gasteiger partial charge on any atom is 0.260 e. The fourth-order valence-electron chi connectivity index (χ4n) is 6.07. The first kappa shape index (κ1) is 42.8. The first-order chi connectivity index (χ1) is 30.3. The molecule has 8 aromatic rings. The Labute approximate surface area is 365 Å². The highest BCUT2D eigenvalue weighted by Crippen LogP contribution is 2.36. The van der Waals surface area contributed by atoms with Crippen molar-refractivity contribution in [1.82, 2.24) is 35.2 Å². The molecule has 0 unspecified atom stereocenters. The van der Waals surface area contributed by atoms with Crippen LogP contribution in [0.5, 0.6) is 23.0 Å². The lowest BCUT2D eigenvalue weighted by Gasteiger charge is -2.19. The molecule has 0 bridgehead atoms. The van der Waals surface area contributed by atoms with E-state index < -0.39 is 6.10 Å². The molecule has 0 aliphatic carbocycles. The average Bonchev–Trinajstić information content (AvgIpc) is 3.29. The Balaban J connectivity index is 0.000000192.